The summed E-state index contributed by atoms with van der Waals surface area (Å²) in [5.74, 6) is 0.0286. The summed E-state index contributed by atoms with van der Waals surface area (Å²) < 4.78 is 0. The number of nitrogens with one attached hydrogen (secondary N) is 1. The summed E-state index contributed by atoms with van der Waals surface area (Å²) in [6.45, 7) is 2.78. The van der Waals surface area contributed by atoms with Crippen molar-refractivity contribution in [1.82, 2.24) is 4.90 Å². The third-order valence-electron chi connectivity index (χ3n) is 4.73. The molecule has 0 radical (unpaired) electrons. The Morgan fingerprint density at radius 3 is 2.67 bits per heavy atom. The van der Waals surface area contributed by atoms with Gasteiger partial charge in [-0.25, -0.2) is 0 Å². The molecule has 21 heavy (non-hydrogen) atoms. The van der Waals surface area contributed by atoms with Crippen molar-refractivity contribution >= 4 is 17.4 Å². The zero-order valence-corrected chi connectivity index (χ0v) is 12.1. The zero-order valence-electron chi connectivity index (χ0n) is 12.1. The summed E-state index contributed by atoms with van der Waals surface area (Å²) in [6.07, 6.45) is 0.695. The van der Waals surface area contributed by atoms with Gasteiger partial charge in [0.2, 0.25) is 5.91 Å². The van der Waals surface area contributed by atoms with E-state index in [0.717, 1.165) is 5.69 Å². The van der Waals surface area contributed by atoms with E-state index in [1.807, 2.05) is 18.2 Å². The van der Waals surface area contributed by atoms with Crippen molar-refractivity contribution < 1.29 is 14.7 Å². The van der Waals surface area contributed by atoms with E-state index in [4.69, 9.17) is 0 Å². The fraction of sp³-hybridized carbons (Fsp3) is 0.500. The molecule has 0 aromatic heterocycles. The van der Waals surface area contributed by atoms with Gasteiger partial charge in [-0.15, -0.1) is 0 Å². The van der Waals surface area contributed by atoms with Gasteiger partial charge in [0, 0.05) is 37.7 Å². The van der Waals surface area contributed by atoms with E-state index in [1.165, 1.54) is 0 Å². The average Bonchev–Trinajstić information content (AvgIpc) is 2.56. The number of piperidine rings is 1. The van der Waals surface area contributed by atoms with Crippen LogP contribution in [-0.4, -0.2) is 46.4 Å². The number of rotatable bonds is 0. The summed E-state index contributed by atoms with van der Waals surface area (Å²) >= 11 is 0. The van der Waals surface area contributed by atoms with Crippen LogP contribution in [0.2, 0.25) is 0 Å². The van der Waals surface area contributed by atoms with E-state index in [9.17, 15) is 14.7 Å². The first-order valence-corrected chi connectivity index (χ1v) is 7.36. The van der Waals surface area contributed by atoms with Crippen LogP contribution in [0.5, 0.6) is 0 Å². The second-order valence-electron chi connectivity index (χ2n) is 5.98. The van der Waals surface area contributed by atoms with Gasteiger partial charge < -0.3 is 15.3 Å². The molecule has 1 spiro atoms. The second-order valence-corrected chi connectivity index (χ2v) is 5.98. The van der Waals surface area contributed by atoms with E-state index in [1.54, 1.807) is 17.9 Å². The first-order chi connectivity index (χ1) is 10.0. The Morgan fingerprint density at radius 2 is 2.00 bits per heavy atom. The summed E-state index contributed by atoms with van der Waals surface area (Å²) in [7, 11) is 0. The van der Waals surface area contributed by atoms with Gasteiger partial charge in [0.05, 0.1) is 11.6 Å². The molecule has 5 nitrogen and oxygen atoms in total. The molecule has 1 aromatic rings. The number of ketones is 1. The van der Waals surface area contributed by atoms with E-state index >= 15 is 0 Å². The van der Waals surface area contributed by atoms with E-state index < -0.39 is 11.6 Å². The molecule has 112 valence electrons. The maximum atomic E-state index is 12.2. The number of likely N-dealkylation sites (tertiary alicyclic amines) is 1. The van der Waals surface area contributed by atoms with Crippen molar-refractivity contribution in [3.05, 3.63) is 29.8 Å². The minimum absolute atomic E-state index is 0.0310. The summed E-state index contributed by atoms with van der Waals surface area (Å²) in [4.78, 5) is 25.5. The molecule has 2 N–H and O–H groups in total. The Balaban J connectivity index is 1.90. The largest absolute Gasteiger partial charge is 0.390 e. The number of carbonyl (C=O) groups is 2. The van der Waals surface area contributed by atoms with Crippen LogP contribution in [0, 0.1) is 0 Å². The molecule has 0 bridgehead atoms. The molecule has 1 aromatic carbocycles. The molecule has 2 heterocycles. The molecule has 2 aliphatic heterocycles. The second kappa shape index (κ2) is 5.15. The molecule has 5 heteroatoms. The summed E-state index contributed by atoms with van der Waals surface area (Å²) in [6, 6.07) is 7.39. The number of amides is 1. The van der Waals surface area contributed by atoms with Gasteiger partial charge in [-0.3, -0.25) is 9.59 Å². The first kappa shape index (κ1) is 14.1. The number of nitrogens with zero attached hydrogens (tertiary/aromatic N) is 1. The molecular formula is C16H20N2O3. The fourth-order valence-electron chi connectivity index (χ4n) is 3.35. The predicted molar refractivity (Wildman–Crippen MR) is 79.2 cm³/mol. The van der Waals surface area contributed by atoms with Crippen LogP contribution in [-0.2, 0) is 4.79 Å². The van der Waals surface area contributed by atoms with Crippen LogP contribution in [0.3, 0.4) is 0 Å². The molecule has 1 amide bonds. The lowest BCUT2D eigenvalue weighted by Gasteiger charge is -2.44. The van der Waals surface area contributed by atoms with E-state index in [2.05, 4.69) is 5.32 Å². The third-order valence-corrected chi connectivity index (χ3v) is 4.73. The quantitative estimate of drug-likeness (QED) is 0.757. The van der Waals surface area contributed by atoms with Crippen molar-refractivity contribution in [2.45, 2.75) is 37.8 Å². The number of hydrogen-bond acceptors (Lipinski definition) is 4. The fourth-order valence-corrected chi connectivity index (χ4v) is 3.35. The van der Waals surface area contributed by atoms with Crippen molar-refractivity contribution in [3.63, 3.8) is 0 Å². The van der Waals surface area contributed by atoms with Crippen LogP contribution in [0.25, 0.3) is 0 Å². The minimum atomic E-state index is -0.730. The van der Waals surface area contributed by atoms with Gasteiger partial charge in [-0.05, 0) is 25.0 Å². The smallest absolute Gasteiger partial charge is 0.219 e. The number of fused-ring (bicyclic) bond motifs is 1. The van der Waals surface area contributed by atoms with Crippen LogP contribution in [0.15, 0.2) is 24.3 Å². The van der Waals surface area contributed by atoms with Crippen LogP contribution in [0.1, 0.15) is 36.5 Å². The van der Waals surface area contributed by atoms with Crippen LogP contribution in [0.4, 0.5) is 5.69 Å². The van der Waals surface area contributed by atoms with E-state index in [0.29, 0.717) is 31.5 Å². The topological polar surface area (TPSA) is 69.6 Å². The molecule has 3 rings (SSSR count). The third kappa shape index (κ3) is 2.42. The van der Waals surface area contributed by atoms with Crippen molar-refractivity contribution in [1.29, 1.82) is 0 Å². The zero-order chi connectivity index (χ0) is 15.0. The monoisotopic (exact) mass is 288 g/mol. The molecule has 0 saturated carbocycles. The molecule has 0 aliphatic carbocycles. The highest BCUT2D eigenvalue weighted by Gasteiger charge is 2.44. The Labute approximate surface area is 123 Å². The maximum absolute atomic E-state index is 12.2. The van der Waals surface area contributed by atoms with Crippen molar-refractivity contribution in [2.24, 2.45) is 0 Å². The average molecular weight is 288 g/mol. The highest BCUT2D eigenvalue weighted by Crippen LogP contribution is 2.36. The first-order valence-electron chi connectivity index (χ1n) is 7.36. The maximum Gasteiger partial charge on any atom is 0.219 e. The van der Waals surface area contributed by atoms with Gasteiger partial charge in [-0.2, -0.15) is 0 Å². The summed E-state index contributed by atoms with van der Waals surface area (Å²) in [5.41, 5.74) is 0.909. The molecule has 1 atom stereocenters. The van der Waals surface area contributed by atoms with Gasteiger partial charge >= 0.3 is 0 Å². The number of benzene rings is 1. The minimum Gasteiger partial charge on any atom is -0.390 e. The van der Waals surface area contributed by atoms with Gasteiger partial charge in [0.15, 0.2) is 5.78 Å². The Bertz CT molecular complexity index is 577. The Kier molecular flexibility index (Phi) is 3.45. The SMILES string of the molecule is CC(=O)N1CCC2(CC1)Nc1ccccc1C(=O)CC2O. The lowest BCUT2D eigenvalue weighted by Crippen LogP contribution is -2.56. The molecule has 1 unspecified atom stereocenters. The number of Topliss-reactive ketones (excluding diaryl/α,β-unsaturated/α-hetero) is 1. The van der Waals surface area contributed by atoms with Gasteiger partial charge in [0.1, 0.15) is 0 Å². The van der Waals surface area contributed by atoms with Crippen molar-refractivity contribution in [3.8, 4) is 0 Å². The lowest BCUT2D eigenvalue weighted by atomic mass is 9.81. The highest BCUT2D eigenvalue weighted by molar-refractivity contribution is 6.02. The normalized spacial score (nSPS) is 24.2. The number of carbonyl (C=O) groups excluding carboxylic acids is 2. The Morgan fingerprint density at radius 1 is 1.33 bits per heavy atom. The van der Waals surface area contributed by atoms with Crippen molar-refractivity contribution in [2.75, 3.05) is 18.4 Å². The van der Waals surface area contributed by atoms with E-state index in [-0.39, 0.29) is 18.1 Å². The number of hydrogen-bond donors (Lipinski definition) is 2. The van der Waals surface area contributed by atoms with Crippen LogP contribution >= 0.6 is 0 Å². The number of para-hydroxylation sites is 1. The Hall–Kier alpha value is -1.88. The molecular weight excluding hydrogens is 268 g/mol. The van der Waals surface area contributed by atoms with Crippen LogP contribution < -0.4 is 5.32 Å². The lowest BCUT2D eigenvalue weighted by molar-refractivity contribution is -0.130. The molecule has 1 saturated heterocycles. The number of anilines is 1. The van der Waals surface area contributed by atoms with Gasteiger partial charge in [0.25, 0.3) is 0 Å². The highest BCUT2D eigenvalue weighted by atomic mass is 16.3. The molecule has 1 fully saturated rings. The number of aliphatic hydroxyl groups is 1. The summed E-state index contributed by atoms with van der Waals surface area (Å²) in [5, 5.41) is 14.0. The number of aliphatic hydroxyl groups excluding tert-OH is 1. The molecule has 2 aliphatic rings. The standard InChI is InChI=1S/C16H20N2O3/c1-11(19)18-8-6-16(7-9-18)15(21)10-14(20)12-4-2-3-5-13(12)17-16/h2-5,15,17,21H,6-10H2,1H3. The predicted octanol–water partition coefficient (Wildman–Crippen LogP) is 1.43. The van der Waals surface area contributed by atoms with Gasteiger partial charge in [-0.1, -0.05) is 12.1 Å².